The maximum Gasteiger partial charge on any atom is 0.142 e. The number of ketones is 2. The van der Waals surface area contributed by atoms with Gasteiger partial charge >= 0.3 is 0 Å². The van der Waals surface area contributed by atoms with Gasteiger partial charge in [0.1, 0.15) is 11.6 Å². The zero-order valence-electron chi connectivity index (χ0n) is 10.6. The van der Waals surface area contributed by atoms with Gasteiger partial charge in [-0.2, -0.15) is 0 Å². The Labute approximate surface area is 97.2 Å². The van der Waals surface area contributed by atoms with E-state index in [0.717, 1.165) is 0 Å². The van der Waals surface area contributed by atoms with E-state index in [9.17, 15) is 14.7 Å². The van der Waals surface area contributed by atoms with Crippen LogP contribution in [0.4, 0.5) is 0 Å². The molecular formula is C13H22O3. The Balaban J connectivity index is 2.85. The second kappa shape index (κ2) is 4.66. The van der Waals surface area contributed by atoms with E-state index < -0.39 is 11.5 Å². The highest BCUT2D eigenvalue weighted by Crippen LogP contribution is 2.38. The van der Waals surface area contributed by atoms with Crippen LogP contribution in [0.5, 0.6) is 0 Å². The first-order chi connectivity index (χ1) is 7.27. The number of carbonyl (C=O) groups excluding carboxylic acids is 2. The van der Waals surface area contributed by atoms with Gasteiger partial charge in [0.25, 0.3) is 0 Å². The van der Waals surface area contributed by atoms with Crippen LogP contribution in [0, 0.1) is 17.3 Å². The molecular weight excluding hydrogens is 204 g/mol. The molecule has 1 aliphatic rings. The van der Waals surface area contributed by atoms with Crippen LogP contribution in [0.25, 0.3) is 0 Å². The number of carbonyl (C=O) groups is 2. The minimum atomic E-state index is -0.489. The molecule has 16 heavy (non-hydrogen) atoms. The van der Waals surface area contributed by atoms with E-state index in [0.29, 0.717) is 19.3 Å². The molecule has 0 saturated heterocycles. The normalized spacial score (nSPS) is 30.4. The molecule has 1 aliphatic carbocycles. The second-order valence-electron chi connectivity index (χ2n) is 5.77. The number of hydrogen-bond donors (Lipinski definition) is 1. The first kappa shape index (κ1) is 13.4. The van der Waals surface area contributed by atoms with Crippen LogP contribution in [0.1, 0.15) is 47.0 Å². The lowest BCUT2D eigenvalue weighted by molar-refractivity contribution is -0.136. The Kier molecular flexibility index (Phi) is 3.89. The molecule has 0 aliphatic heterocycles. The van der Waals surface area contributed by atoms with E-state index in [1.165, 1.54) is 0 Å². The van der Waals surface area contributed by atoms with Crippen LogP contribution >= 0.6 is 0 Å². The molecule has 3 nitrogen and oxygen atoms in total. The Morgan fingerprint density at radius 2 is 1.69 bits per heavy atom. The average molecular weight is 226 g/mol. The molecule has 1 fully saturated rings. The Morgan fingerprint density at radius 1 is 1.19 bits per heavy atom. The third-order valence-electron chi connectivity index (χ3n) is 3.38. The van der Waals surface area contributed by atoms with Gasteiger partial charge in [-0.15, -0.1) is 0 Å². The van der Waals surface area contributed by atoms with Crippen LogP contribution in [0.2, 0.25) is 0 Å². The third-order valence-corrected chi connectivity index (χ3v) is 3.38. The highest BCUT2D eigenvalue weighted by atomic mass is 16.3. The predicted octanol–water partition coefficient (Wildman–Crippen LogP) is 1.97. The third kappa shape index (κ3) is 2.70. The van der Waals surface area contributed by atoms with Crippen LogP contribution < -0.4 is 0 Å². The highest BCUT2D eigenvalue weighted by molar-refractivity contribution is 5.92. The molecule has 0 spiro atoms. The molecule has 1 N–H and O–H groups in total. The monoisotopic (exact) mass is 226 g/mol. The number of hydrogen-bond acceptors (Lipinski definition) is 3. The van der Waals surface area contributed by atoms with Crippen molar-refractivity contribution in [1.29, 1.82) is 0 Å². The lowest BCUT2D eigenvalue weighted by Crippen LogP contribution is -2.33. The van der Waals surface area contributed by atoms with Crippen molar-refractivity contribution in [2.75, 3.05) is 0 Å². The quantitative estimate of drug-likeness (QED) is 0.800. The largest absolute Gasteiger partial charge is 0.393 e. The fourth-order valence-corrected chi connectivity index (χ4v) is 2.47. The van der Waals surface area contributed by atoms with Gasteiger partial charge < -0.3 is 5.11 Å². The van der Waals surface area contributed by atoms with Crippen molar-refractivity contribution < 1.29 is 14.7 Å². The van der Waals surface area contributed by atoms with Gasteiger partial charge in [-0.05, 0) is 12.8 Å². The Morgan fingerprint density at radius 3 is 2.12 bits per heavy atom. The lowest BCUT2D eigenvalue weighted by Gasteiger charge is -2.25. The van der Waals surface area contributed by atoms with E-state index >= 15 is 0 Å². The maximum atomic E-state index is 12.2. The van der Waals surface area contributed by atoms with E-state index in [1.54, 1.807) is 0 Å². The summed E-state index contributed by atoms with van der Waals surface area (Å²) in [5.74, 6) is -0.316. The summed E-state index contributed by atoms with van der Waals surface area (Å²) in [5.41, 5.74) is -0.430. The summed E-state index contributed by atoms with van der Waals surface area (Å²) in [7, 11) is 0. The molecule has 0 bridgehead atoms. The number of Topliss-reactive ketones (excluding diaryl/α,β-unsaturated/α-hetero) is 2. The molecule has 1 saturated carbocycles. The van der Waals surface area contributed by atoms with E-state index in [-0.39, 0.29) is 23.4 Å². The summed E-state index contributed by atoms with van der Waals surface area (Å²) in [4.78, 5) is 23.9. The average Bonchev–Trinajstić information content (AvgIpc) is 2.56. The molecule has 3 atom stereocenters. The molecule has 3 heteroatoms. The van der Waals surface area contributed by atoms with Gasteiger partial charge in [-0.25, -0.2) is 0 Å². The topological polar surface area (TPSA) is 54.4 Å². The summed E-state index contributed by atoms with van der Waals surface area (Å²) in [6.07, 6.45) is 0.869. The standard InChI is InChI=1S/C13H22O3/c1-5-11(15)9-6-8(14)7-10(9)12(16)13(2,3)4/h8-10,14H,5-7H2,1-4H3. The highest BCUT2D eigenvalue weighted by Gasteiger charge is 2.44. The Bertz CT molecular complexity index is 288. The molecule has 0 amide bonds. The molecule has 3 unspecified atom stereocenters. The predicted molar refractivity (Wildman–Crippen MR) is 62.0 cm³/mol. The van der Waals surface area contributed by atoms with Gasteiger partial charge in [0.05, 0.1) is 6.10 Å². The Hall–Kier alpha value is -0.700. The molecule has 0 aromatic heterocycles. The number of rotatable bonds is 3. The summed E-state index contributed by atoms with van der Waals surface area (Å²) in [6, 6.07) is 0. The lowest BCUT2D eigenvalue weighted by atomic mass is 9.77. The zero-order chi connectivity index (χ0) is 12.5. The van der Waals surface area contributed by atoms with E-state index in [1.807, 2.05) is 27.7 Å². The van der Waals surface area contributed by atoms with Crippen molar-refractivity contribution in [2.45, 2.75) is 53.1 Å². The molecule has 0 aromatic rings. The minimum absolute atomic E-state index is 0.107. The first-order valence-corrected chi connectivity index (χ1v) is 6.02. The van der Waals surface area contributed by atoms with Crippen molar-refractivity contribution in [3.63, 3.8) is 0 Å². The summed E-state index contributed by atoms with van der Waals surface area (Å²) in [6.45, 7) is 7.42. The molecule has 0 radical (unpaired) electrons. The molecule has 1 rings (SSSR count). The van der Waals surface area contributed by atoms with Gasteiger partial charge in [-0.1, -0.05) is 27.7 Å². The van der Waals surface area contributed by atoms with Crippen molar-refractivity contribution in [2.24, 2.45) is 17.3 Å². The molecule has 0 aromatic carbocycles. The van der Waals surface area contributed by atoms with E-state index in [2.05, 4.69) is 0 Å². The van der Waals surface area contributed by atoms with Gasteiger partial charge in [-0.3, -0.25) is 9.59 Å². The molecule has 0 heterocycles. The maximum absolute atomic E-state index is 12.2. The van der Waals surface area contributed by atoms with Crippen molar-refractivity contribution in [3.8, 4) is 0 Å². The van der Waals surface area contributed by atoms with Crippen LogP contribution in [-0.2, 0) is 9.59 Å². The first-order valence-electron chi connectivity index (χ1n) is 6.02. The van der Waals surface area contributed by atoms with Gasteiger partial charge in [0.15, 0.2) is 0 Å². The number of aliphatic hydroxyl groups excluding tert-OH is 1. The van der Waals surface area contributed by atoms with E-state index in [4.69, 9.17) is 0 Å². The number of aliphatic hydroxyl groups is 1. The van der Waals surface area contributed by atoms with Crippen LogP contribution in [0.15, 0.2) is 0 Å². The summed E-state index contributed by atoms with van der Waals surface area (Å²) >= 11 is 0. The minimum Gasteiger partial charge on any atom is -0.393 e. The zero-order valence-corrected chi connectivity index (χ0v) is 10.6. The smallest absolute Gasteiger partial charge is 0.142 e. The van der Waals surface area contributed by atoms with Crippen molar-refractivity contribution in [3.05, 3.63) is 0 Å². The fraction of sp³-hybridized carbons (Fsp3) is 0.846. The summed E-state index contributed by atoms with van der Waals surface area (Å²) in [5, 5.41) is 9.62. The van der Waals surface area contributed by atoms with Crippen LogP contribution in [-0.4, -0.2) is 22.8 Å². The summed E-state index contributed by atoms with van der Waals surface area (Å²) < 4.78 is 0. The second-order valence-corrected chi connectivity index (χ2v) is 5.77. The van der Waals surface area contributed by atoms with Gasteiger partial charge in [0.2, 0.25) is 0 Å². The molecule has 92 valence electrons. The SMILES string of the molecule is CCC(=O)C1CC(O)CC1C(=O)C(C)(C)C. The van der Waals surface area contributed by atoms with Crippen molar-refractivity contribution >= 4 is 11.6 Å². The van der Waals surface area contributed by atoms with Crippen molar-refractivity contribution in [1.82, 2.24) is 0 Å². The van der Waals surface area contributed by atoms with Gasteiger partial charge in [0, 0.05) is 23.7 Å². The fourth-order valence-electron chi connectivity index (χ4n) is 2.47. The van der Waals surface area contributed by atoms with Crippen LogP contribution in [0.3, 0.4) is 0 Å².